The molecule has 0 saturated carbocycles. The largest absolute Gasteiger partial charge is 0.397 e. The van der Waals surface area contributed by atoms with E-state index in [0.29, 0.717) is 16.8 Å². The van der Waals surface area contributed by atoms with Gasteiger partial charge in [0.25, 0.3) is 0 Å². The van der Waals surface area contributed by atoms with E-state index in [1.54, 1.807) is 6.20 Å². The van der Waals surface area contributed by atoms with E-state index < -0.39 is 0 Å². The molecule has 2 N–H and O–H groups in total. The Balaban J connectivity index is 2.32. The van der Waals surface area contributed by atoms with E-state index >= 15 is 0 Å². The second-order valence-electron chi connectivity index (χ2n) is 4.37. The fourth-order valence-corrected chi connectivity index (χ4v) is 2.29. The van der Waals surface area contributed by atoms with E-state index in [-0.39, 0.29) is 0 Å². The highest BCUT2D eigenvalue weighted by Crippen LogP contribution is 2.28. The number of nitrogen functional groups attached to an aromatic ring is 1. The van der Waals surface area contributed by atoms with E-state index in [0.717, 1.165) is 16.4 Å². The maximum atomic E-state index is 5.87. The third-order valence-electron chi connectivity index (χ3n) is 2.43. The third kappa shape index (κ3) is 2.98. The Morgan fingerprint density at radius 3 is 2.72 bits per heavy atom. The van der Waals surface area contributed by atoms with Gasteiger partial charge in [0, 0.05) is 17.6 Å². The van der Waals surface area contributed by atoms with Gasteiger partial charge in [0.05, 0.1) is 5.69 Å². The molecule has 0 atom stereocenters. The average molecular weight is 260 g/mol. The van der Waals surface area contributed by atoms with Crippen molar-refractivity contribution < 1.29 is 0 Å². The molecule has 0 aliphatic carbocycles. The molecule has 18 heavy (non-hydrogen) atoms. The zero-order chi connectivity index (χ0) is 13.1. The zero-order valence-electron chi connectivity index (χ0n) is 10.7. The van der Waals surface area contributed by atoms with Crippen LogP contribution in [0, 0.1) is 6.92 Å². The summed E-state index contributed by atoms with van der Waals surface area (Å²) in [6.07, 6.45) is 1.72. The number of nitrogens with zero attached hydrogens (tertiary/aromatic N) is 3. The first-order valence-electron chi connectivity index (χ1n) is 5.80. The lowest BCUT2D eigenvalue weighted by Gasteiger charge is -2.08. The van der Waals surface area contributed by atoms with Crippen LogP contribution < -0.4 is 5.73 Å². The number of nitrogens with two attached hydrogens (primary N) is 1. The van der Waals surface area contributed by atoms with Crippen molar-refractivity contribution in [1.82, 2.24) is 15.0 Å². The summed E-state index contributed by atoms with van der Waals surface area (Å²) in [6.45, 7) is 6.20. The summed E-state index contributed by atoms with van der Waals surface area (Å²) in [5.41, 5.74) is 8.52. The van der Waals surface area contributed by atoms with Gasteiger partial charge in [0.1, 0.15) is 5.03 Å². The molecule has 0 aliphatic rings. The smallest absolute Gasteiger partial charge is 0.194 e. The van der Waals surface area contributed by atoms with Gasteiger partial charge in [0.15, 0.2) is 5.16 Å². The summed E-state index contributed by atoms with van der Waals surface area (Å²) in [5, 5.41) is 1.45. The average Bonchev–Trinajstić information content (AvgIpc) is 2.31. The van der Waals surface area contributed by atoms with Crippen molar-refractivity contribution in [3.63, 3.8) is 0 Å². The second-order valence-corrected chi connectivity index (χ2v) is 5.33. The standard InChI is InChI=1S/C13H16N4S/c1-8(2)11-7-9(3)16-13(17-11)18-12-10(14)5-4-6-15-12/h4-8H,14H2,1-3H3. The van der Waals surface area contributed by atoms with E-state index in [1.165, 1.54) is 11.8 Å². The number of hydrogen-bond acceptors (Lipinski definition) is 5. The fourth-order valence-electron chi connectivity index (χ4n) is 1.48. The molecule has 0 bridgehead atoms. The summed E-state index contributed by atoms with van der Waals surface area (Å²) < 4.78 is 0. The van der Waals surface area contributed by atoms with Crippen molar-refractivity contribution in [3.8, 4) is 0 Å². The van der Waals surface area contributed by atoms with Crippen molar-refractivity contribution in [2.24, 2.45) is 0 Å². The minimum atomic E-state index is 0.382. The lowest BCUT2D eigenvalue weighted by atomic mass is 10.1. The molecule has 2 aromatic heterocycles. The summed E-state index contributed by atoms with van der Waals surface area (Å²) in [6, 6.07) is 5.65. The van der Waals surface area contributed by atoms with Crippen LogP contribution in [0.5, 0.6) is 0 Å². The number of anilines is 1. The first-order chi connectivity index (χ1) is 8.56. The molecule has 0 aliphatic heterocycles. The molecule has 0 aromatic carbocycles. The number of aromatic nitrogens is 3. The Morgan fingerprint density at radius 2 is 2.06 bits per heavy atom. The third-order valence-corrected chi connectivity index (χ3v) is 3.33. The van der Waals surface area contributed by atoms with Gasteiger partial charge < -0.3 is 5.73 Å². The van der Waals surface area contributed by atoms with Crippen LogP contribution in [0.15, 0.2) is 34.6 Å². The van der Waals surface area contributed by atoms with Crippen LogP contribution in [0.25, 0.3) is 0 Å². The summed E-state index contributed by atoms with van der Waals surface area (Å²) in [5.74, 6) is 0.382. The van der Waals surface area contributed by atoms with Crippen LogP contribution in [-0.2, 0) is 0 Å². The highest BCUT2D eigenvalue weighted by molar-refractivity contribution is 7.99. The topological polar surface area (TPSA) is 64.7 Å². The Bertz CT molecular complexity index is 554. The van der Waals surface area contributed by atoms with Crippen LogP contribution in [0.2, 0.25) is 0 Å². The molecule has 2 heterocycles. The van der Waals surface area contributed by atoms with Crippen molar-refractivity contribution >= 4 is 17.4 Å². The van der Waals surface area contributed by atoms with Gasteiger partial charge in [-0.05, 0) is 42.8 Å². The molecule has 0 fully saturated rings. The highest BCUT2D eigenvalue weighted by Gasteiger charge is 2.09. The molecule has 2 aromatic rings. The molecular formula is C13H16N4S. The number of aryl methyl sites for hydroxylation is 1. The van der Waals surface area contributed by atoms with Gasteiger partial charge in [-0.1, -0.05) is 13.8 Å². The molecule has 0 saturated heterocycles. The number of hydrogen-bond donors (Lipinski definition) is 1. The van der Waals surface area contributed by atoms with Crippen molar-refractivity contribution in [2.45, 2.75) is 36.9 Å². The molecule has 0 radical (unpaired) electrons. The number of rotatable bonds is 3. The van der Waals surface area contributed by atoms with Gasteiger partial charge in [-0.2, -0.15) is 0 Å². The Kier molecular flexibility index (Phi) is 3.81. The summed E-state index contributed by atoms with van der Waals surface area (Å²) in [7, 11) is 0. The minimum Gasteiger partial charge on any atom is -0.397 e. The normalized spacial score (nSPS) is 10.9. The summed E-state index contributed by atoms with van der Waals surface area (Å²) >= 11 is 1.40. The van der Waals surface area contributed by atoms with Gasteiger partial charge in [-0.25, -0.2) is 15.0 Å². The van der Waals surface area contributed by atoms with Crippen molar-refractivity contribution in [3.05, 3.63) is 35.8 Å². The number of pyridine rings is 1. The maximum absolute atomic E-state index is 5.87. The highest BCUT2D eigenvalue weighted by atomic mass is 32.2. The van der Waals surface area contributed by atoms with Crippen LogP contribution in [0.1, 0.15) is 31.2 Å². The maximum Gasteiger partial charge on any atom is 0.194 e. The molecule has 0 amide bonds. The van der Waals surface area contributed by atoms with E-state index in [9.17, 15) is 0 Å². The lowest BCUT2D eigenvalue weighted by Crippen LogP contribution is -1.99. The lowest BCUT2D eigenvalue weighted by molar-refractivity contribution is 0.769. The van der Waals surface area contributed by atoms with Crippen LogP contribution in [0.4, 0.5) is 5.69 Å². The van der Waals surface area contributed by atoms with E-state index in [2.05, 4.69) is 28.8 Å². The summed E-state index contributed by atoms with van der Waals surface area (Å²) in [4.78, 5) is 13.2. The van der Waals surface area contributed by atoms with Crippen LogP contribution in [0.3, 0.4) is 0 Å². The predicted molar refractivity (Wildman–Crippen MR) is 73.6 cm³/mol. The SMILES string of the molecule is Cc1cc(C(C)C)nc(Sc2ncccc2N)n1. The van der Waals surface area contributed by atoms with Crippen molar-refractivity contribution in [2.75, 3.05) is 5.73 Å². The van der Waals surface area contributed by atoms with Crippen LogP contribution >= 0.6 is 11.8 Å². The first-order valence-corrected chi connectivity index (χ1v) is 6.62. The molecule has 5 heteroatoms. The predicted octanol–water partition coefficient (Wildman–Crippen LogP) is 3.04. The zero-order valence-corrected chi connectivity index (χ0v) is 11.5. The van der Waals surface area contributed by atoms with Gasteiger partial charge in [0.2, 0.25) is 0 Å². The Morgan fingerprint density at radius 1 is 1.28 bits per heavy atom. The molecule has 0 spiro atoms. The van der Waals surface area contributed by atoms with E-state index in [4.69, 9.17) is 5.73 Å². The Labute approximate surface area is 111 Å². The van der Waals surface area contributed by atoms with Gasteiger partial charge in [-0.3, -0.25) is 0 Å². The van der Waals surface area contributed by atoms with Gasteiger partial charge in [-0.15, -0.1) is 0 Å². The van der Waals surface area contributed by atoms with E-state index in [1.807, 2.05) is 25.1 Å². The van der Waals surface area contributed by atoms with Gasteiger partial charge >= 0.3 is 0 Å². The molecular weight excluding hydrogens is 244 g/mol. The monoisotopic (exact) mass is 260 g/mol. The molecule has 2 rings (SSSR count). The quantitative estimate of drug-likeness (QED) is 0.859. The first kappa shape index (κ1) is 12.8. The molecule has 0 unspecified atom stereocenters. The Hall–Kier alpha value is -1.62. The minimum absolute atomic E-state index is 0.382. The molecule has 94 valence electrons. The van der Waals surface area contributed by atoms with Crippen LogP contribution in [-0.4, -0.2) is 15.0 Å². The molecule has 4 nitrogen and oxygen atoms in total. The fraction of sp³-hybridized carbons (Fsp3) is 0.308. The van der Waals surface area contributed by atoms with Crippen molar-refractivity contribution in [1.29, 1.82) is 0 Å². The second kappa shape index (κ2) is 5.35.